The molecule has 1 aromatic carbocycles. The Balaban J connectivity index is 2.67. The lowest BCUT2D eigenvalue weighted by atomic mass is 10.2. The number of hydrogen-bond acceptors (Lipinski definition) is 3. The van der Waals surface area contributed by atoms with Gasteiger partial charge in [0.15, 0.2) is 0 Å². The monoisotopic (exact) mass is 301 g/mol. The second kappa shape index (κ2) is 7.50. The molecule has 0 aliphatic heterocycles. The van der Waals surface area contributed by atoms with Crippen molar-refractivity contribution in [3.63, 3.8) is 0 Å². The standard InChI is InChI=1S/C14H21F2N3S/c1-4-9(2)19(3)6-5-18-13-11(15)7-10(14(17)20)8-12(13)16/h7-9,18H,4-6H2,1-3H3,(H2,17,20). The first-order valence-electron chi connectivity index (χ1n) is 6.59. The number of thiocarbonyl (C=S) groups is 1. The highest BCUT2D eigenvalue weighted by atomic mass is 32.1. The molecule has 0 aliphatic rings. The third-order valence-electron chi connectivity index (χ3n) is 3.44. The van der Waals surface area contributed by atoms with Crippen molar-refractivity contribution in [1.29, 1.82) is 0 Å². The van der Waals surface area contributed by atoms with Crippen LogP contribution >= 0.6 is 12.2 Å². The Labute approximate surface area is 124 Å². The molecule has 0 aromatic heterocycles. The van der Waals surface area contributed by atoms with Crippen molar-refractivity contribution in [2.24, 2.45) is 5.73 Å². The predicted octanol–water partition coefficient (Wildman–Crippen LogP) is 2.74. The van der Waals surface area contributed by atoms with Crippen LogP contribution in [0, 0.1) is 11.6 Å². The van der Waals surface area contributed by atoms with Gasteiger partial charge in [-0.1, -0.05) is 19.1 Å². The van der Waals surface area contributed by atoms with Crippen LogP contribution in [0.5, 0.6) is 0 Å². The van der Waals surface area contributed by atoms with Crippen LogP contribution in [-0.2, 0) is 0 Å². The molecule has 0 bridgehead atoms. The summed E-state index contributed by atoms with van der Waals surface area (Å²) in [5, 5.41) is 2.78. The van der Waals surface area contributed by atoms with Crippen molar-refractivity contribution in [2.45, 2.75) is 26.3 Å². The fourth-order valence-corrected chi connectivity index (χ4v) is 1.89. The molecule has 0 radical (unpaired) electrons. The largest absolute Gasteiger partial charge is 0.389 e. The molecule has 20 heavy (non-hydrogen) atoms. The van der Waals surface area contributed by atoms with E-state index in [1.807, 2.05) is 7.05 Å². The highest BCUT2D eigenvalue weighted by Gasteiger charge is 2.13. The maximum Gasteiger partial charge on any atom is 0.150 e. The van der Waals surface area contributed by atoms with E-state index in [1.54, 1.807) is 0 Å². The number of halogens is 2. The van der Waals surface area contributed by atoms with Gasteiger partial charge in [0.05, 0.1) is 0 Å². The zero-order valence-electron chi connectivity index (χ0n) is 12.0. The third-order valence-corrected chi connectivity index (χ3v) is 3.67. The first kappa shape index (κ1) is 16.8. The molecule has 0 saturated heterocycles. The molecular weight excluding hydrogens is 280 g/mol. The van der Waals surface area contributed by atoms with Gasteiger partial charge in [-0.05, 0) is 32.5 Å². The summed E-state index contributed by atoms with van der Waals surface area (Å²) < 4.78 is 27.6. The third kappa shape index (κ3) is 4.38. The van der Waals surface area contributed by atoms with E-state index in [0.29, 0.717) is 19.1 Å². The molecular formula is C14H21F2N3S. The fraction of sp³-hybridized carbons (Fsp3) is 0.500. The van der Waals surface area contributed by atoms with Crippen molar-refractivity contribution in [1.82, 2.24) is 4.90 Å². The van der Waals surface area contributed by atoms with Crippen LogP contribution in [0.25, 0.3) is 0 Å². The molecule has 0 aliphatic carbocycles. The number of benzene rings is 1. The molecule has 3 N–H and O–H groups in total. The Kier molecular flexibility index (Phi) is 6.29. The number of nitrogens with two attached hydrogens (primary N) is 1. The van der Waals surface area contributed by atoms with E-state index in [9.17, 15) is 8.78 Å². The van der Waals surface area contributed by atoms with E-state index in [-0.39, 0.29) is 16.2 Å². The van der Waals surface area contributed by atoms with Gasteiger partial charge < -0.3 is 16.0 Å². The molecule has 1 unspecified atom stereocenters. The maximum absolute atomic E-state index is 13.8. The molecule has 1 aromatic rings. The van der Waals surface area contributed by atoms with Crippen LogP contribution in [0.15, 0.2) is 12.1 Å². The SMILES string of the molecule is CCC(C)N(C)CCNc1c(F)cc(C(N)=S)cc1F. The van der Waals surface area contributed by atoms with Gasteiger partial charge in [0.25, 0.3) is 0 Å². The van der Waals surface area contributed by atoms with Gasteiger partial charge in [-0.25, -0.2) is 8.78 Å². The quantitative estimate of drug-likeness (QED) is 0.760. The van der Waals surface area contributed by atoms with Crippen LogP contribution in [0.3, 0.4) is 0 Å². The maximum atomic E-state index is 13.8. The Morgan fingerprint density at radius 1 is 1.40 bits per heavy atom. The minimum Gasteiger partial charge on any atom is -0.389 e. The second-order valence-electron chi connectivity index (χ2n) is 4.84. The van der Waals surface area contributed by atoms with E-state index in [2.05, 4.69) is 24.1 Å². The molecule has 0 fully saturated rings. The van der Waals surface area contributed by atoms with Gasteiger partial charge in [-0.3, -0.25) is 0 Å². The Morgan fingerprint density at radius 2 is 1.95 bits per heavy atom. The number of nitrogens with zero attached hydrogens (tertiary/aromatic N) is 1. The summed E-state index contributed by atoms with van der Waals surface area (Å²) in [6.45, 7) is 5.37. The molecule has 0 saturated carbocycles. The number of anilines is 1. The van der Waals surface area contributed by atoms with Crippen LogP contribution in [0.2, 0.25) is 0 Å². The average molecular weight is 301 g/mol. The van der Waals surface area contributed by atoms with E-state index in [0.717, 1.165) is 18.6 Å². The molecule has 6 heteroatoms. The predicted molar refractivity (Wildman–Crippen MR) is 83.1 cm³/mol. The lowest BCUT2D eigenvalue weighted by molar-refractivity contribution is 0.261. The molecule has 112 valence electrons. The highest BCUT2D eigenvalue weighted by Crippen LogP contribution is 2.20. The molecule has 0 spiro atoms. The Morgan fingerprint density at radius 3 is 2.40 bits per heavy atom. The number of nitrogens with one attached hydrogen (secondary N) is 1. The molecule has 1 atom stereocenters. The summed E-state index contributed by atoms with van der Waals surface area (Å²) in [7, 11) is 1.98. The zero-order chi connectivity index (χ0) is 15.3. The first-order chi connectivity index (χ1) is 9.36. The molecule has 0 amide bonds. The van der Waals surface area contributed by atoms with E-state index in [4.69, 9.17) is 18.0 Å². The van der Waals surface area contributed by atoms with Gasteiger partial charge >= 0.3 is 0 Å². The summed E-state index contributed by atoms with van der Waals surface area (Å²) >= 11 is 4.71. The highest BCUT2D eigenvalue weighted by molar-refractivity contribution is 7.80. The topological polar surface area (TPSA) is 41.3 Å². The second-order valence-corrected chi connectivity index (χ2v) is 5.28. The smallest absolute Gasteiger partial charge is 0.150 e. The lowest BCUT2D eigenvalue weighted by Crippen LogP contribution is -2.32. The van der Waals surface area contributed by atoms with Gasteiger partial charge in [0, 0.05) is 24.7 Å². The molecule has 1 rings (SSSR count). The minimum atomic E-state index is -0.681. The van der Waals surface area contributed by atoms with Crippen molar-refractivity contribution in [3.8, 4) is 0 Å². The normalized spacial score (nSPS) is 12.5. The van der Waals surface area contributed by atoms with Gasteiger partial charge in [-0.15, -0.1) is 0 Å². The van der Waals surface area contributed by atoms with Crippen LogP contribution in [-0.4, -0.2) is 36.1 Å². The van der Waals surface area contributed by atoms with Crippen molar-refractivity contribution >= 4 is 22.9 Å². The van der Waals surface area contributed by atoms with Crippen molar-refractivity contribution in [3.05, 3.63) is 29.3 Å². The number of rotatable bonds is 7. The zero-order valence-corrected chi connectivity index (χ0v) is 12.9. The van der Waals surface area contributed by atoms with Gasteiger partial charge in [0.1, 0.15) is 22.3 Å². The Hall–Kier alpha value is -1.27. The van der Waals surface area contributed by atoms with Crippen molar-refractivity contribution < 1.29 is 8.78 Å². The lowest BCUT2D eigenvalue weighted by Gasteiger charge is -2.23. The summed E-state index contributed by atoms with van der Waals surface area (Å²) in [4.78, 5) is 2.11. The van der Waals surface area contributed by atoms with E-state index in [1.165, 1.54) is 0 Å². The van der Waals surface area contributed by atoms with Crippen LogP contribution in [0.1, 0.15) is 25.8 Å². The van der Waals surface area contributed by atoms with E-state index >= 15 is 0 Å². The fourth-order valence-electron chi connectivity index (χ4n) is 1.77. The minimum absolute atomic E-state index is 0.0224. The Bertz CT molecular complexity index is 456. The van der Waals surface area contributed by atoms with Gasteiger partial charge in [-0.2, -0.15) is 0 Å². The molecule has 3 nitrogen and oxygen atoms in total. The van der Waals surface area contributed by atoms with Crippen LogP contribution in [0.4, 0.5) is 14.5 Å². The first-order valence-corrected chi connectivity index (χ1v) is 7.00. The summed E-state index contributed by atoms with van der Waals surface area (Å²) in [6.07, 6.45) is 1.03. The number of hydrogen-bond donors (Lipinski definition) is 2. The van der Waals surface area contributed by atoms with Gasteiger partial charge in [0.2, 0.25) is 0 Å². The van der Waals surface area contributed by atoms with E-state index < -0.39 is 11.6 Å². The van der Waals surface area contributed by atoms with Crippen molar-refractivity contribution in [2.75, 3.05) is 25.5 Å². The number of likely N-dealkylation sites (N-methyl/N-ethyl adjacent to an activating group) is 1. The van der Waals surface area contributed by atoms with Crippen LogP contribution < -0.4 is 11.1 Å². The summed E-state index contributed by atoms with van der Waals surface area (Å²) in [6, 6.07) is 2.72. The molecule has 0 heterocycles. The average Bonchev–Trinajstić information content (AvgIpc) is 2.40. The summed E-state index contributed by atoms with van der Waals surface area (Å²) in [5.74, 6) is -1.36. The summed E-state index contributed by atoms with van der Waals surface area (Å²) in [5.41, 5.74) is 5.42.